The van der Waals surface area contributed by atoms with Gasteiger partial charge in [0.1, 0.15) is 0 Å². The molecular formula is C15H20N4O. The maximum absolute atomic E-state index is 6.06. The monoisotopic (exact) mass is 272 g/mol. The van der Waals surface area contributed by atoms with Crippen LogP contribution in [0.1, 0.15) is 19.2 Å². The van der Waals surface area contributed by atoms with Crippen LogP contribution >= 0.6 is 0 Å². The first-order chi connectivity index (χ1) is 9.70. The van der Waals surface area contributed by atoms with Gasteiger partial charge in [-0.05, 0) is 12.3 Å². The van der Waals surface area contributed by atoms with Crippen LogP contribution in [0.15, 0.2) is 34.9 Å². The lowest BCUT2D eigenvalue weighted by atomic mass is 9.97. The molecule has 0 aliphatic carbocycles. The number of hydrogen-bond donors (Lipinski definition) is 1. The second-order valence-electron chi connectivity index (χ2n) is 5.67. The minimum atomic E-state index is 0.246. The number of benzene rings is 1. The molecule has 0 saturated carbocycles. The Hall–Kier alpha value is -1.72. The van der Waals surface area contributed by atoms with E-state index in [1.807, 2.05) is 30.3 Å². The topological polar surface area (TPSA) is 68.2 Å². The van der Waals surface area contributed by atoms with Gasteiger partial charge in [-0.2, -0.15) is 4.98 Å². The summed E-state index contributed by atoms with van der Waals surface area (Å²) in [5.41, 5.74) is 7.04. The van der Waals surface area contributed by atoms with Gasteiger partial charge in [-0.1, -0.05) is 42.4 Å². The Morgan fingerprint density at radius 1 is 1.30 bits per heavy atom. The van der Waals surface area contributed by atoms with Crippen molar-refractivity contribution >= 4 is 0 Å². The van der Waals surface area contributed by atoms with E-state index in [1.54, 1.807) is 0 Å². The van der Waals surface area contributed by atoms with Gasteiger partial charge in [0.25, 0.3) is 0 Å². The third-order valence-electron chi connectivity index (χ3n) is 3.63. The Morgan fingerprint density at radius 3 is 2.85 bits per heavy atom. The highest BCUT2D eigenvalue weighted by molar-refractivity contribution is 5.53. The van der Waals surface area contributed by atoms with Gasteiger partial charge in [-0.25, -0.2) is 0 Å². The predicted octanol–water partition coefficient (Wildman–Crippen LogP) is 1.91. The van der Waals surface area contributed by atoms with Crippen LogP contribution in [0.5, 0.6) is 0 Å². The third kappa shape index (κ3) is 3.05. The van der Waals surface area contributed by atoms with Crippen molar-refractivity contribution in [1.29, 1.82) is 0 Å². The number of aromatic nitrogens is 2. The van der Waals surface area contributed by atoms with Gasteiger partial charge in [0.2, 0.25) is 11.7 Å². The first-order valence-electron chi connectivity index (χ1n) is 7.06. The first-order valence-corrected chi connectivity index (χ1v) is 7.06. The van der Waals surface area contributed by atoms with Gasteiger partial charge < -0.3 is 10.3 Å². The molecule has 2 aromatic rings. The molecule has 0 spiro atoms. The van der Waals surface area contributed by atoms with E-state index >= 15 is 0 Å². The molecule has 0 bridgehead atoms. The van der Waals surface area contributed by atoms with E-state index in [9.17, 15) is 0 Å². The lowest BCUT2D eigenvalue weighted by Crippen LogP contribution is -2.45. The number of rotatable bonds is 3. The van der Waals surface area contributed by atoms with Crippen LogP contribution in [-0.4, -0.2) is 34.2 Å². The molecule has 0 amide bonds. The molecule has 2 N–H and O–H groups in total. The summed E-state index contributed by atoms with van der Waals surface area (Å²) in [6.45, 7) is 4.84. The fourth-order valence-corrected chi connectivity index (χ4v) is 2.86. The summed E-state index contributed by atoms with van der Waals surface area (Å²) < 4.78 is 5.35. The van der Waals surface area contributed by atoms with Crippen LogP contribution in [0.2, 0.25) is 0 Å². The van der Waals surface area contributed by atoms with E-state index in [2.05, 4.69) is 22.0 Å². The first kappa shape index (κ1) is 13.3. The molecule has 1 aromatic carbocycles. The summed E-state index contributed by atoms with van der Waals surface area (Å²) in [7, 11) is 0. The van der Waals surface area contributed by atoms with Crippen LogP contribution in [0, 0.1) is 5.92 Å². The van der Waals surface area contributed by atoms with Crippen molar-refractivity contribution in [2.75, 3.05) is 13.1 Å². The number of hydrogen-bond acceptors (Lipinski definition) is 5. The highest BCUT2D eigenvalue weighted by atomic mass is 16.5. The fourth-order valence-electron chi connectivity index (χ4n) is 2.86. The molecule has 106 valence electrons. The van der Waals surface area contributed by atoms with Gasteiger partial charge in [-0.15, -0.1) is 0 Å². The second-order valence-corrected chi connectivity index (χ2v) is 5.67. The molecule has 1 saturated heterocycles. The Bertz CT molecular complexity index is 544. The van der Waals surface area contributed by atoms with Gasteiger partial charge in [0.15, 0.2) is 0 Å². The highest BCUT2D eigenvalue weighted by Crippen LogP contribution is 2.19. The number of nitrogens with two attached hydrogens (primary N) is 1. The summed E-state index contributed by atoms with van der Waals surface area (Å²) in [6.07, 6.45) is 1.09. The molecule has 1 aliphatic rings. The van der Waals surface area contributed by atoms with Gasteiger partial charge >= 0.3 is 0 Å². The van der Waals surface area contributed by atoms with Crippen molar-refractivity contribution < 1.29 is 4.52 Å². The van der Waals surface area contributed by atoms with Crippen molar-refractivity contribution in [2.24, 2.45) is 11.7 Å². The fraction of sp³-hybridized carbons (Fsp3) is 0.467. The van der Waals surface area contributed by atoms with Gasteiger partial charge in [0.05, 0.1) is 6.54 Å². The Kier molecular flexibility index (Phi) is 3.80. The van der Waals surface area contributed by atoms with Crippen LogP contribution < -0.4 is 5.73 Å². The van der Waals surface area contributed by atoms with E-state index in [0.29, 0.717) is 24.2 Å². The minimum absolute atomic E-state index is 0.246. The molecule has 1 fully saturated rings. The average molecular weight is 272 g/mol. The smallest absolute Gasteiger partial charge is 0.241 e. The molecule has 2 atom stereocenters. The SMILES string of the molecule is CC1CC(N)CN(Cc2nc(-c3ccccc3)no2)C1. The second kappa shape index (κ2) is 5.73. The zero-order chi connectivity index (χ0) is 13.9. The molecule has 1 aliphatic heterocycles. The van der Waals surface area contributed by atoms with Crippen molar-refractivity contribution in [3.05, 3.63) is 36.2 Å². The lowest BCUT2D eigenvalue weighted by Gasteiger charge is -2.33. The highest BCUT2D eigenvalue weighted by Gasteiger charge is 2.23. The van der Waals surface area contributed by atoms with Crippen molar-refractivity contribution in [1.82, 2.24) is 15.0 Å². The molecule has 2 heterocycles. The lowest BCUT2D eigenvalue weighted by molar-refractivity contribution is 0.142. The maximum atomic E-state index is 6.06. The van der Waals surface area contributed by atoms with E-state index in [0.717, 1.165) is 25.1 Å². The largest absolute Gasteiger partial charge is 0.338 e. The zero-order valence-corrected chi connectivity index (χ0v) is 11.7. The Morgan fingerprint density at radius 2 is 2.10 bits per heavy atom. The van der Waals surface area contributed by atoms with E-state index in [-0.39, 0.29) is 6.04 Å². The summed E-state index contributed by atoms with van der Waals surface area (Å²) >= 11 is 0. The van der Waals surface area contributed by atoms with Crippen molar-refractivity contribution in [3.8, 4) is 11.4 Å². The Balaban J connectivity index is 1.68. The average Bonchev–Trinajstić information content (AvgIpc) is 2.87. The van der Waals surface area contributed by atoms with Crippen molar-refractivity contribution in [2.45, 2.75) is 25.9 Å². The number of piperidine rings is 1. The molecule has 3 rings (SSSR count). The molecule has 2 unspecified atom stereocenters. The molecular weight excluding hydrogens is 252 g/mol. The zero-order valence-electron chi connectivity index (χ0n) is 11.7. The quantitative estimate of drug-likeness (QED) is 0.924. The molecule has 0 radical (unpaired) electrons. The van der Waals surface area contributed by atoms with Crippen LogP contribution in [0.25, 0.3) is 11.4 Å². The van der Waals surface area contributed by atoms with Gasteiger partial charge in [0, 0.05) is 24.7 Å². The van der Waals surface area contributed by atoms with Crippen LogP contribution in [-0.2, 0) is 6.54 Å². The third-order valence-corrected chi connectivity index (χ3v) is 3.63. The molecule has 20 heavy (non-hydrogen) atoms. The summed E-state index contributed by atoms with van der Waals surface area (Å²) in [5.74, 6) is 1.93. The molecule has 1 aromatic heterocycles. The maximum Gasteiger partial charge on any atom is 0.241 e. The van der Waals surface area contributed by atoms with Crippen LogP contribution in [0.3, 0.4) is 0 Å². The summed E-state index contributed by atoms with van der Waals surface area (Å²) in [6, 6.07) is 10.1. The van der Waals surface area contributed by atoms with Gasteiger partial charge in [-0.3, -0.25) is 4.90 Å². The molecule has 5 heteroatoms. The predicted molar refractivity (Wildman–Crippen MR) is 76.8 cm³/mol. The standard InChI is InChI=1S/C15H20N4O/c1-11-7-13(16)9-19(8-11)10-14-17-15(18-20-14)12-5-3-2-4-6-12/h2-6,11,13H,7-10,16H2,1H3. The van der Waals surface area contributed by atoms with E-state index < -0.39 is 0 Å². The summed E-state index contributed by atoms with van der Waals surface area (Å²) in [4.78, 5) is 6.76. The van der Waals surface area contributed by atoms with E-state index in [4.69, 9.17) is 10.3 Å². The Labute approximate surface area is 118 Å². The number of nitrogens with zero attached hydrogens (tertiary/aromatic N) is 3. The van der Waals surface area contributed by atoms with Crippen molar-refractivity contribution in [3.63, 3.8) is 0 Å². The minimum Gasteiger partial charge on any atom is -0.338 e. The normalized spacial score (nSPS) is 23.9. The summed E-state index contributed by atoms with van der Waals surface area (Å²) in [5, 5.41) is 4.05. The number of likely N-dealkylation sites (tertiary alicyclic amines) is 1. The molecule has 5 nitrogen and oxygen atoms in total. The van der Waals surface area contributed by atoms with E-state index in [1.165, 1.54) is 0 Å². The van der Waals surface area contributed by atoms with Crippen LogP contribution in [0.4, 0.5) is 0 Å².